The summed E-state index contributed by atoms with van der Waals surface area (Å²) in [5.74, 6) is 0.710. The fourth-order valence-electron chi connectivity index (χ4n) is 2.93. The van der Waals surface area contributed by atoms with Crippen molar-refractivity contribution in [1.29, 1.82) is 0 Å². The SMILES string of the molecule is CCC1CCCCC1NC(=O)c1ccc(NC)cc1. The van der Waals surface area contributed by atoms with Gasteiger partial charge in [-0.15, -0.1) is 0 Å². The van der Waals surface area contributed by atoms with Gasteiger partial charge in [-0.1, -0.05) is 26.2 Å². The highest BCUT2D eigenvalue weighted by atomic mass is 16.1. The van der Waals surface area contributed by atoms with Gasteiger partial charge in [0.1, 0.15) is 0 Å². The van der Waals surface area contributed by atoms with Gasteiger partial charge in [0.2, 0.25) is 0 Å². The first-order chi connectivity index (χ1) is 9.24. The van der Waals surface area contributed by atoms with Crippen molar-refractivity contribution in [2.75, 3.05) is 12.4 Å². The van der Waals surface area contributed by atoms with Crippen LogP contribution in [0.4, 0.5) is 5.69 Å². The minimum absolute atomic E-state index is 0.0630. The quantitative estimate of drug-likeness (QED) is 0.871. The molecule has 1 aromatic rings. The Morgan fingerprint density at radius 3 is 2.53 bits per heavy atom. The summed E-state index contributed by atoms with van der Waals surface area (Å²) in [5, 5.41) is 6.27. The average molecular weight is 260 g/mol. The maximum Gasteiger partial charge on any atom is 0.251 e. The van der Waals surface area contributed by atoms with Crippen molar-refractivity contribution in [3.63, 3.8) is 0 Å². The van der Waals surface area contributed by atoms with Gasteiger partial charge in [0.15, 0.2) is 0 Å². The lowest BCUT2D eigenvalue weighted by atomic mass is 9.83. The molecule has 0 aromatic heterocycles. The summed E-state index contributed by atoms with van der Waals surface area (Å²) < 4.78 is 0. The van der Waals surface area contributed by atoms with Crippen LogP contribution in [0.25, 0.3) is 0 Å². The van der Waals surface area contributed by atoms with E-state index in [9.17, 15) is 4.79 Å². The van der Waals surface area contributed by atoms with E-state index < -0.39 is 0 Å². The number of hydrogen-bond donors (Lipinski definition) is 2. The number of nitrogens with one attached hydrogen (secondary N) is 2. The van der Waals surface area contributed by atoms with Gasteiger partial charge in [0.05, 0.1) is 0 Å². The Balaban J connectivity index is 1.98. The molecule has 1 aliphatic carbocycles. The van der Waals surface area contributed by atoms with Crippen LogP contribution in [0.15, 0.2) is 24.3 Å². The number of carbonyl (C=O) groups is 1. The molecular weight excluding hydrogens is 236 g/mol. The molecule has 3 nitrogen and oxygen atoms in total. The molecule has 19 heavy (non-hydrogen) atoms. The zero-order valence-electron chi connectivity index (χ0n) is 11.9. The predicted molar refractivity (Wildman–Crippen MR) is 79.5 cm³/mol. The minimum atomic E-state index is 0.0630. The standard InChI is InChI=1S/C16H24N2O/c1-3-12-6-4-5-7-15(12)18-16(19)13-8-10-14(17-2)11-9-13/h8-12,15,17H,3-7H2,1-2H3,(H,18,19). The second-order valence-corrected chi connectivity index (χ2v) is 5.36. The van der Waals surface area contributed by atoms with Crippen LogP contribution in [0.2, 0.25) is 0 Å². The van der Waals surface area contributed by atoms with E-state index in [1.54, 1.807) is 0 Å². The van der Waals surface area contributed by atoms with Crippen molar-refractivity contribution in [3.8, 4) is 0 Å². The molecule has 0 aliphatic heterocycles. The number of carbonyl (C=O) groups excluding carboxylic acids is 1. The molecule has 2 rings (SSSR count). The van der Waals surface area contributed by atoms with Crippen LogP contribution in [0.5, 0.6) is 0 Å². The molecule has 104 valence electrons. The summed E-state index contributed by atoms with van der Waals surface area (Å²) >= 11 is 0. The Kier molecular flexibility index (Phi) is 4.83. The van der Waals surface area contributed by atoms with E-state index in [4.69, 9.17) is 0 Å². The fourth-order valence-corrected chi connectivity index (χ4v) is 2.93. The molecule has 0 heterocycles. The van der Waals surface area contributed by atoms with Crippen LogP contribution in [0.3, 0.4) is 0 Å². The zero-order chi connectivity index (χ0) is 13.7. The largest absolute Gasteiger partial charge is 0.388 e. The van der Waals surface area contributed by atoms with Crippen LogP contribution in [0, 0.1) is 5.92 Å². The Labute approximate surface area is 115 Å². The van der Waals surface area contributed by atoms with Gasteiger partial charge in [0.25, 0.3) is 5.91 Å². The first-order valence-corrected chi connectivity index (χ1v) is 7.33. The number of hydrogen-bond acceptors (Lipinski definition) is 2. The van der Waals surface area contributed by atoms with Gasteiger partial charge in [-0.25, -0.2) is 0 Å². The molecule has 0 saturated heterocycles. The van der Waals surface area contributed by atoms with Crippen molar-refractivity contribution in [2.45, 2.75) is 45.1 Å². The third kappa shape index (κ3) is 3.49. The maximum atomic E-state index is 12.2. The van der Waals surface area contributed by atoms with E-state index in [-0.39, 0.29) is 5.91 Å². The third-order valence-corrected chi connectivity index (χ3v) is 4.19. The summed E-state index contributed by atoms with van der Waals surface area (Å²) in [7, 11) is 1.88. The monoisotopic (exact) mass is 260 g/mol. The Morgan fingerprint density at radius 2 is 1.89 bits per heavy atom. The average Bonchev–Trinajstić information content (AvgIpc) is 2.48. The molecule has 2 N–H and O–H groups in total. The van der Waals surface area contributed by atoms with Crippen molar-refractivity contribution in [1.82, 2.24) is 5.32 Å². The summed E-state index contributed by atoms with van der Waals surface area (Å²) in [4.78, 5) is 12.2. The highest BCUT2D eigenvalue weighted by molar-refractivity contribution is 5.94. The van der Waals surface area contributed by atoms with Crippen LogP contribution >= 0.6 is 0 Å². The van der Waals surface area contributed by atoms with Crippen LogP contribution in [-0.2, 0) is 0 Å². The van der Waals surface area contributed by atoms with E-state index in [0.717, 1.165) is 24.1 Å². The molecular formula is C16H24N2O. The summed E-state index contributed by atoms with van der Waals surface area (Å²) in [5.41, 5.74) is 1.78. The lowest BCUT2D eigenvalue weighted by Crippen LogP contribution is -2.41. The predicted octanol–water partition coefficient (Wildman–Crippen LogP) is 3.43. The molecule has 1 amide bonds. The summed E-state index contributed by atoms with van der Waals surface area (Å²) in [6.45, 7) is 2.22. The van der Waals surface area contributed by atoms with Gasteiger partial charge in [-0.3, -0.25) is 4.79 Å². The molecule has 2 atom stereocenters. The third-order valence-electron chi connectivity index (χ3n) is 4.19. The fraction of sp³-hybridized carbons (Fsp3) is 0.562. The van der Waals surface area contributed by atoms with Gasteiger partial charge in [0, 0.05) is 24.3 Å². The van der Waals surface area contributed by atoms with Crippen LogP contribution in [-0.4, -0.2) is 19.0 Å². The summed E-state index contributed by atoms with van der Waals surface area (Å²) in [6, 6.07) is 7.99. The molecule has 1 fully saturated rings. The second-order valence-electron chi connectivity index (χ2n) is 5.36. The van der Waals surface area contributed by atoms with Crippen molar-refractivity contribution in [3.05, 3.63) is 29.8 Å². The second kappa shape index (κ2) is 6.60. The molecule has 1 saturated carbocycles. The van der Waals surface area contributed by atoms with E-state index in [1.807, 2.05) is 31.3 Å². The van der Waals surface area contributed by atoms with Gasteiger partial charge in [-0.05, 0) is 43.0 Å². The summed E-state index contributed by atoms with van der Waals surface area (Å²) in [6.07, 6.45) is 6.07. The Bertz CT molecular complexity index is 413. The smallest absolute Gasteiger partial charge is 0.251 e. The number of benzene rings is 1. The molecule has 0 bridgehead atoms. The topological polar surface area (TPSA) is 41.1 Å². The zero-order valence-corrected chi connectivity index (χ0v) is 11.9. The number of amides is 1. The molecule has 1 aliphatic rings. The molecule has 3 heteroatoms. The normalized spacial score (nSPS) is 22.8. The van der Waals surface area contributed by atoms with E-state index >= 15 is 0 Å². The minimum Gasteiger partial charge on any atom is -0.388 e. The van der Waals surface area contributed by atoms with Gasteiger partial charge in [-0.2, -0.15) is 0 Å². The first kappa shape index (κ1) is 13.9. The molecule has 0 radical (unpaired) electrons. The van der Waals surface area contributed by atoms with Gasteiger partial charge >= 0.3 is 0 Å². The lowest BCUT2D eigenvalue weighted by molar-refractivity contribution is 0.0905. The lowest BCUT2D eigenvalue weighted by Gasteiger charge is -2.31. The van der Waals surface area contributed by atoms with E-state index in [2.05, 4.69) is 17.6 Å². The van der Waals surface area contributed by atoms with Crippen molar-refractivity contribution >= 4 is 11.6 Å². The van der Waals surface area contributed by atoms with Crippen molar-refractivity contribution < 1.29 is 4.79 Å². The van der Waals surface area contributed by atoms with E-state index in [0.29, 0.717) is 12.0 Å². The van der Waals surface area contributed by atoms with Crippen LogP contribution < -0.4 is 10.6 Å². The molecule has 1 aromatic carbocycles. The highest BCUT2D eigenvalue weighted by Gasteiger charge is 2.25. The van der Waals surface area contributed by atoms with E-state index in [1.165, 1.54) is 19.3 Å². The molecule has 2 unspecified atom stereocenters. The Morgan fingerprint density at radius 1 is 1.21 bits per heavy atom. The number of anilines is 1. The first-order valence-electron chi connectivity index (χ1n) is 7.33. The van der Waals surface area contributed by atoms with Crippen molar-refractivity contribution in [2.24, 2.45) is 5.92 Å². The van der Waals surface area contributed by atoms with Crippen LogP contribution in [0.1, 0.15) is 49.4 Å². The maximum absolute atomic E-state index is 12.2. The highest BCUT2D eigenvalue weighted by Crippen LogP contribution is 2.27. The number of rotatable bonds is 4. The molecule has 0 spiro atoms. The van der Waals surface area contributed by atoms with Gasteiger partial charge < -0.3 is 10.6 Å². The Hall–Kier alpha value is -1.51.